The van der Waals surface area contributed by atoms with Gasteiger partial charge in [-0.2, -0.15) is 0 Å². The number of carbonyl (C=O) groups excluding carboxylic acids is 1. The molecule has 1 saturated heterocycles. The van der Waals surface area contributed by atoms with Gasteiger partial charge in [0.05, 0.1) is 0 Å². The molecule has 0 atom stereocenters. The quantitative estimate of drug-likeness (QED) is 0.847. The smallest absolute Gasteiger partial charge is 0.223 e. The van der Waals surface area contributed by atoms with Crippen LogP contribution in [-0.2, 0) is 17.9 Å². The molecule has 0 radical (unpaired) electrons. The summed E-state index contributed by atoms with van der Waals surface area (Å²) in [5, 5.41) is 3.30. The Bertz CT molecular complexity index is 756. The van der Waals surface area contributed by atoms with Crippen molar-refractivity contribution >= 4 is 17.5 Å². The third-order valence-electron chi connectivity index (χ3n) is 4.76. The van der Waals surface area contributed by atoms with Gasteiger partial charge in [0.15, 0.2) is 0 Å². The summed E-state index contributed by atoms with van der Waals surface area (Å²) in [6.45, 7) is 2.19. The van der Waals surface area contributed by atoms with Crippen LogP contribution in [0.15, 0.2) is 42.5 Å². The molecule has 1 aliphatic rings. The zero-order chi connectivity index (χ0) is 18.5. The van der Waals surface area contributed by atoms with E-state index >= 15 is 0 Å². The third kappa shape index (κ3) is 4.80. The number of piperidine rings is 1. The molecule has 1 heterocycles. The predicted molar refractivity (Wildman–Crippen MR) is 97.7 cm³/mol. The summed E-state index contributed by atoms with van der Waals surface area (Å²) in [5.74, 6) is -0.696. The third-order valence-corrected chi connectivity index (χ3v) is 5.11. The fourth-order valence-corrected chi connectivity index (χ4v) is 3.46. The summed E-state index contributed by atoms with van der Waals surface area (Å²) in [7, 11) is 0. The molecule has 6 heteroatoms. The van der Waals surface area contributed by atoms with E-state index in [1.165, 1.54) is 18.2 Å². The fraction of sp³-hybridized carbons (Fsp3) is 0.350. The number of hydrogen-bond acceptors (Lipinski definition) is 2. The average molecular weight is 379 g/mol. The van der Waals surface area contributed by atoms with Crippen molar-refractivity contribution in [2.75, 3.05) is 13.1 Å². The normalized spacial score (nSPS) is 15.8. The lowest BCUT2D eigenvalue weighted by Crippen LogP contribution is -2.40. The second-order valence-corrected chi connectivity index (χ2v) is 7.01. The minimum atomic E-state index is -0.308. The number of halogens is 3. The van der Waals surface area contributed by atoms with Crippen LogP contribution in [0.4, 0.5) is 8.78 Å². The zero-order valence-corrected chi connectivity index (χ0v) is 15.1. The van der Waals surface area contributed by atoms with Gasteiger partial charge >= 0.3 is 0 Å². The van der Waals surface area contributed by atoms with Crippen molar-refractivity contribution in [3.05, 3.63) is 70.2 Å². The molecule has 3 nitrogen and oxygen atoms in total. The van der Waals surface area contributed by atoms with E-state index in [0.717, 1.165) is 5.56 Å². The Morgan fingerprint density at radius 1 is 1.15 bits per heavy atom. The van der Waals surface area contributed by atoms with Crippen LogP contribution >= 0.6 is 11.6 Å². The Morgan fingerprint density at radius 2 is 1.88 bits per heavy atom. The number of benzene rings is 2. The monoisotopic (exact) mass is 378 g/mol. The standard InChI is InChI=1S/C20H21ClF2N2O/c21-18-5-2-6-19(23)17(18)13-25-9-7-15(8-10-25)20(26)24-12-14-3-1-4-16(22)11-14/h1-6,11,15H,7-10,12-13H2,(H,24,26). The molecule has 1 amide bonds. The number of hydrogen-bond donors (Lipinski definition) is 1. The SMILES string of the molecule is O=C(NCc1cccc(F)c1)C1CCN(Cc2c(F)cccc2Cl)CC1. The highest BCUT2D eigenvalue weighted by Crippen LogP contribution is 2.24. The molecule has 3 rings (SSSR count). The predicted octanol–water partition coefficient (Wildman–Crippen LogP) is 4.15. The summed E-state index contributed by atoms with van der Waals surface area (Å²) >= 11 is 6.08. The molecule has 2 aromatic rings. The molecule has 1 aliphatic heterocycles. The van der Waals surface area contributed by atoms with Crippen molar-refractivity contribution in [1.82, 2.24) is 10.2 Å². The summed E-state index contributed by atoms with van der Waals surface area (Å²) in [6, 6.07) is 10.9. The maximum atomic E-state index is 13.9. The Morgan fingerprint density at radius 3 is 2.58 bits per heavy atom. The molecular formula is C20H21ClF2N2O. The molecule has 2 aromatic carbocycles. The van der Waals surface area contributed by atoms with Crippen LogP contribution in [0.5, 0.6) is 0 Å². The van der Waals surface area contributed by atoms with Crippen molar-refractivity contribution in [1.29, 1.82) is 0 Å². The number of carbonyl (C=O) groups is 1. The lowest BCUT2D eigenvalue weighted by Gasteiger charge is -2.31. The maximum absolute atomic E-state index is 13.9. The molecule has 1 fully saturated rings. The van der Waals surface area contributed by atoms with Gasteiger partial charge in [-0.3, -0.25) is 9.69 Å². The van der Waals surface area contributed by atoms with Crippen LogP contribution < -0.4 is 5.32 Å². The molecule has 0 saturated carbocycles. The topological polar surface area (TPSA) is 32.3 Å². The van der Waals surface area contributed by atoms with E-state index < -0.39 is 0 Å². The number of nitrogens with zero attached hydrogens (tertiary/aromatic N) is 1. The minimum absolute atomic E-state index is 0.0159. The van der Waals surface area contributed by atoms with Crippen LogP contribution in [0, 0.1) is 17.6 Å². The Hall–Kier alpha value is -1.98. The molecule has 0 aromatic heterocycles. The summed E-state index contributed by atoms with van der Waals surface area (Å²) < 4.78 is 27.1. The first-order chi connectivity index (χ1) is 12.5. The summed E-state index contributed by atoms with van der Waals surface area (Å²) in [6.07, 6.45) is 1.42. The van der Waals surface area contributed by atoms with E-state index in [1.807, 2.05) is 0 Å². The van der Waals surface area contributed by atoms with Crippen molar-refractivity contribution < 1.29 is 13.6 Å². The van der Waals surface area contributed by atoms with Crippen LogP contribution in [0.25, 0.3) is 0 Å². The van der Waals surface area contributed by atoms with Gasteiger partial charge in [0.2, 0.25) is 5.91 Å². The van der Waals surface area contributed by atoms with Gasteiger partial charge in [0, 0.05) is 29.6 Å². The van der Waals surface area contributed by atoms with Crippen LogP contribution in [0.1, 0.15) is 24.0 Å². The molecule has 26 heavy (non-hydrogen) atoms. The zero-order valence-electron chi connectivity index (χ0n) is 14.4. The van der Waals surface area contributed by atoms with Crippen molar-refractivity contribution in [2.45, 2.75) is 25.9 Å². The molecule has 0 unspecified atom stereocenters. The highest BCUT2D eigenvalue weighted by atomic mass is 35.5. The molecule has 0 aliphatic carbocycles. The van der Waals surface area contributed by atoms with E-state index in [9.17, 15) is 13.6 Å². The highest BCUT2D eigenvalue weighted by molar-refractivity contribution is 6.31. The van der Waals surface area contributed by atoms with E-state index in [4.69, 9.17) is 11.6 Å². The number of nitrogens with one attached hydrogen (secondary N) is 1. The Balaban J connectivity index is 1.48. The van der Waals surface area contributed by atoms with Crippen LogP contribution in [0.3, 0.4) is 0 Å². The lowest BCUT2D eigenvalue weighted by molar-refractivity contribution is -0.126. The lowest BCUT2D eigenvalue weighted by atomic mass is 9.95. The first-order valence-corrected chi connectivity index (χ1v) is 9.08. The number of amides is 1. The van der Waals surface area contributed by atoms with Crippen LogP contribution in [-0.4, -0.2) is 23.9 Å². The van der Waals surface area contributed by atoms with Gasteiger partial charge in [-0.25, -0.2) is 8.78 Å². The number of rotatable bonds is 5. The van der Waals surface area contributed by atoms with E-state index in [1.54, 1.807) is 24.3 Å². The highest BCUT2D eigenvalue weighted by Gasteiger charge is 2.25. The van der Waals surface area contributed by atoms with Crippen molar-refractivity contribution in [3.63, 3.8) is 0 Å². The summed E-state index contributed by atoms with van der Waals surface area (Å²) in [4.78, 5) is 14.4. The first-order valence-electron chi connectivity index (χ1n) is 8.70. The Labute approximate surface area is 157 Å². The van der Waals surface area contributed by atoms with Gasteiger partial charge in [0.1, 0.15) is 11.6 Å². The molecular weight excluding hydrogens is 358 g/mol. The molecule has 0 spiro atoms. The first kappa shape index (κ1) is 18.8. The second-order valence-electron chi connectivity index (χ2n) is 6.60. The van der Waals surface area contributed by atoms with Crippen molar-refractivity contribution in [2.24, 2.45) is 5.92 Å². The maximum Gasteiger partial charge on any atom is 0.223 e. The fourth-order valence-electron chi connectivity index (χ4n) is 3.24. The van der Waals surface area contributed by atoms with Gasteiger partial charge in [-0.15, -0.1) is 0 Å². The van der Waals surface area contributed by atoms with Gasteiger partial charge in [0.25, 0.3) is 0 Å². The number of likely N-dealkylation sites (tertiary alicyclic amines) is 1. The van der Waals surface area contributed by atoms with Crippen LogP contribution in [0.2, 0.25) is 5.02 Å². The van der Waals surface area contributed by atoms with Crippen molar-refractivity contribution in [3.8, 4) is 0 Å². The molecule has 1 N–H and O–H groups in total. The molecule has 0 bridgehead atoms. The van der Waals surface area contributed by atoms with E-state index in [0.29, 0.717) is 49.6 Å². The van der Waals surface area contributed by atoms with Gasteiger partial charge in [-0.1, -0.05) is 29.8 Å². The van der Waals surface area contributed by atoms with Gasteiger partial charge in [-0.05, 0) is 55.8 Å². The minimum Gasteiger partial charge on any atom is -0.352 e. The van der Waals surface area contributed by atoms with Gasteiger partial charge < -0.3 is 5.32 Å². The largest absolute Gasteiger partial charge is 0.352 e. The average Bonchev–Trinajstić information content (AvgIpc) is 2.63. The van der Waals surface area contributed by atoms with E-state index in [2.05, 4.69) is 10.2 Å². The van der Waals surface area contributed by atoms with E-state index in [-0.39, 0.29) is 23.5 Å². The summed E-state index contributed by atoms with van der Waals surface area (Å²) in [5.41, 5.74) is 1.24. The molecule has 138 valence electrons. The Kier molecular flexibility index (Phi) is 6.22. The second kappa shape index (κ2) is 8.60.